The van der Waals surface area contributed by atoms with Gasteiger partial charge in [-0.3, -0.25) is 9.59 Å². The Morgan fingerprint density at radius 1 is 1.02 bits per heavy atom. The highest BCUT2D eigenvalue weighted by atomic mass is 16.6. The van der Waals surface area contributed by atoms with Gasteiger partial charge >= 0.3 is 11.9 Å². The van der Waals surface area contributed by atoms with Crippen molar-refractivity contribution in [3.63, 3.8) is 0 Å². The molecule has 8 nitrogen and oxygen atoms in total. The summed E-state index contributed by atoms with van der Waals surface area (Å²) in [5, 5.41) is 35.0. The fourth-order valence-electron chi connectivity index (χ4n) is 8.69. The Balaban J connectivity index is 1.59. The van der Waals surface area contributed by atoms with Crippen molar-refractivity contribution >= 4 is 17.7 Å². The van der Waals surface area contributed by atoms with Gasteiger partial charge in [0.15, 0.2) is 11.4 Å². The maximum absolute atomic E-state index is 13.6. The van der Waals surface area contributed by atoms with E-state index in [-0.39, 0.29) is 18.8 Å². The molecule has 0 radical (unpaired) electrons. The number of unbranched alkanes of at least 4 members (excludes halogenated alkanes) is 4. The molecule has 0 spiro atoms. The van der Waals surface area contributed by atoms with E-state index in [1.54, 1.807) is 56.3 Å². The van der Waals surface area contributed by atoms with Crippen molar-refractivity contribution in [3.05, 3.63) is 59.2 Å². The first kappa shape index (κ1) is 31.6. The van der Waals surface area contributed by atoms with E-state index in [9.17, 15) is 29.7 Å². The lowest BCUT2D eigenvalue weighted by atomic mass is 9.59. The third-order valence-electron chi connectivity index (χ3n) is 11.0. The normalized spacial score (nSPS) is 37.2. The highest BCUT2D eigenvalue weighted by molar-refractivity contribution is 6.04. The van der Waals surface area contributed by atoms with E-state index in [1.807, 2.05) is 13.8 Å². The highest BCUT2D eigenvalue weighted by Crippen LogP contribution is 2.77. The van der Waals surface area contributed by atoms with E-state index in [0.717, 1.165) is 25.7 Å². The summed E-state index contributed by atoms with van der Waals surface area (Å²) in [6.45, 7) is 8.98. The molecule has 0 bridgehead atoms. The van der Waals surface area contributed by atoms with Gasteiger partial charge in [0.25, 0.3) is 0 Å². The average Bonchev–Trinajstić information content (AvgIpc) is 3.40. The number of ether oxygens (including phenoxy) is 2. The summed E-state index contributed by atoms with van der Waals surface area (Å²) in [6, 6.07) is 8.53. The number of hydrogen-bond donors (Lipinski definition) is 3. The fraction of sp³-hybridized carbons (Fsp3) is 0.629. The third kappa shape index (κ3) is 4.72. The van der Waals surface area contributed by atoms with Gasteiger partial charge in [0, 0.05) is 41.9 Å². The van der Waals surface area contributed by atoms with Crippen molar-refractivity contribution in [2.45, 2.75) is 102 Å². The van der Waals surface area contributed by atoms with Crippen LogP contribution < -0.4 is 0 Å². The molecule has 4 aliphatic rings. The maximum atomic E-state index is 13.6. The molecule has 3 N–H and O–H groups in total. The van der Waals surface area contributed by atoms with Crippen molar-refractivity contribution in [1.82, 2.24) is 0 Å². The number of aliphatic hydroxyl groups excluding tert-OH is 1. The predicted octanol–water partition coefficient (Wildman–Crippen LogP) is 4.71. The zero-order valence-electron chi connectivity index (χ0n) is 26.0. The number of ketones is 1. The number of hydrogen-bond acceptors (Lipinski definition) is 8. The topological polar surface area (TPSA) is 130 Å². The molecule has 8 atom stereocenters. The summed E-state index contributed by atoms with van der Waals surface area (Å²) in [4.78, 5) is 40.3. The van der Waals surface area contributed by atoms with Crippen LogP contribution in [0.15, 0.2) is 53.6 Å². The summed E-state index contributed by atoms with van der Waals surface area (Å²) >= 11 is 0. The van der Waals surface area contributed by atoms with E-state index in [4.69, 9.17) is 9.47 Å². The second kappa shape index (κ2) is 11.3. The summed E-state index contributed by atoms with van der Waals surface area (Å²) < 4.78 is 12.7. The number of benzene rings is 1. The molecule has 1 aromatic rings. The number of Topliss-reactive ketones (excluding diaryl/α,β-unsaturated/α-hetero) is 1. The molecular formula is C35H46O8. The number of aliphatic hydroxyl groups is 3. The van der Waals surface area contributed by atoms with E-state index in [2.05, 4.69) is 6.92 Å². The number of fused-ring (bicyclic) bond motifs is 5. The molecule has 4 aliphatic carbocycles. The fourth-order valence-corrected chi connectivity index (χ4v) is 8.69. The summed E-state index contributed by atoms with van der Waals surface area (Å²) in [7, 11) is 0. The number of carbonyl (C=O) groups is 3. The first-order valence-electron chi connectivity index (χ1n) is 15.8. The van der Waals surface area contributed by atoms with Gasteiger partial charge in [-0.2, -0.15) is 0 Å². The van der Waals surface area contributed by atoms with Crippen molar-refractivity contribution in [2.24, 2.45) is 29.1 Å². The van der Waals surface area contributed by atoms with Gasteiger partial charge in [-0.15, -0.1) is 0 Å². The lowest BCUT2D eigenvalue weighted by Crippen LogP contribution is -2.66. The Morgan fingerprint density at radius 2 is 1.70 bits per heavy atom. The van der Waals surface area contributed by atoms with Crippen molar-refractivity contribution in [3.8, 4) is 0 Å². The number of esters is 2. The molecule has 0 aromatic heterocycles. The lowest BCUT2D eigenvalue weighted by Gasteiger charge is -2.53. The highest BCUT2D eigenvalue weighted by Gasteiger charge is 2.88. The minimum Gasteiger partial charge on any atom is -0.454 e. The first-order chi connectivity index (χ1) is 20.3. The van der Waals surface area contributed by atoms with Crippen LogP contribution in [0.3, 0.4) is 0 Å². The van der Waals surface area contributed by atoms with Crippen LogP contribution in [0.25, 0.3) is 0 Å². The molecular weight excluding hydrogens is 548 g/mol. The van der Waals surface area contributed by atoms with Gasteiger partial charge in [0.1, 0.15) is 11.7 Å². The Bertz CT molecular complexity index is 1330. The second-order valence-electron chi connectivity index (χ2n) is 13.8. The summed E-state index contributed by atoms with van der Waals surface area (Å²) in [5.74, 6) is -4.56. The zero-order valence-corrected chi connectivity index (χ0v) is 26.0. The van der Waals surface area contributed by atoms with Crippen LogP contribution in [-0.2, 0) is 19.1 Å². The van der Waals surface area contributed by atoms with E-state index in [1.165, 1.54) is 0 Å². The second-order valence-corrected chi connectivity index (χ2v) is 13.8. The maximum Gasteiger partial charge on any atom is 0.338 e. The molecule has 0 saturated heterocycles. The molecule has 5 rings (SSSR count). The molecule has 234 valence electrons. The smallest absolute Gasteiger partial charge is 0.338 e. The minimum atomic E-state index is -1.96. The molecule has 8 unspecified atom stereocenters. The Kier molecular flexibility index (Phi) is 8.29. The van der Waals surface area contributed by atoms with Gasteiger partial charge in [0.2, 0.25) is 0 Å². The third-order valence-corrected chi connectivity index (χ3v) is 11.0. The number of rotatable bonds is 10. The van der Waals surface area contributed by atoms with Crippen molar-refractivity contribution < 1.29 is 39.2 Å². The molecule has 1 aromatic carbocycles. The van der Waals surface area contributed by atoms with Crippen LogP contribution in [0.4, 0.5) is 0 Å². The quantitative estimate of drug-likeness (QED) is 0.202. The first-order valence-corrected chi connectivity index (χ1v) is 15.8. The molecule has 0 aliphatic heterocycles. The van der Waals surface area contributed by atoms with Gasteiger partial charge in [-0.05, 0) is 36.6 Å². The van der Waals surface area contributed by atoms with Crippen LogP contribution in [0.5, 0.6) is 0 Å². The monoisotopic (exact) mass is 594 g/mol. The van der Waals surface area contributed by atoms with E-state index in [0.29, 0.717) is 23.1 Å². The van der Waals surface area contributed by atoms with Gasteiger partial charge in [0.05, 0.1) is 17.8 Å². The summed E-state index contributed by atoms with van der Waals surface area (Å²) in [5.41, 5.74) is -4.61. The van der Waals surface area contributed by atoms with Gasteiger partial charge < -0.3 is 24.8 Å². The lowest BCUT2D eigenvalue weighted by molar-refractivity contribution is -0.219. The molecule has 8 heteroatoms. The average molecular weight is 595 g/mol. The molecule has 0 heterocycles. The van der Waals surface area contributed by atoms with E-state index < -0.39 is 70.4 Å². The Labute approximate surface area is 254 Å². The van der Waals surface area contributed by atoms with Crippen molar-refractivity contribution in [1.29, 1.82) is 0 Å². The van der Waals surface area contributed by atoms with Crippen LogP contribution in [-0.4, -0.2) is 62.6 Å². The van der Waals surface area contributed by atoms with Crippen LogP contribution in [0.1, 0.15) is 89.9 Å². The molecule has 2 saturated carbocycles. The van der Waals surface area contributed by atoms with Crippen LogP contribution in [0.2, 0.25) is 0 Å². The zero-order chi connectivity index (χ0) is 31.4. The standard InChI is InChI=1S/C35H46O8/c1-6-7-8-9-13-16-27(37)43-35-28(32(35,4)5)25-18-23(20-36)19-33(40)26(17-21(2)29(33)38)34(25,41)22(3)30(35)42-31(39)24-14-11-10-12-15-24/h10-12,14-15,17-18,22,25-26,28,30,36,40-41H,6-9,13,16,19-20H2,1-5H3. The van der Waals surface area contributed by atoms with Crippen LogP contribution in [0, 0.1) is 29.1 Å². The predicted molar refractivity (Wildman–Crippen MR) is 160 cm³/mol. The molecule has 0 amide bonds. The minimum absolute atomic E-state index is 0.126. The SMILES string of the molecule is CCCCCCCC(=O)OC12C(OC(=O)c3ccccc3)C(C)C3(O)C(C=C(CO)CC4(O)C(=O)C(C)=CC43)C1C2(C)C. The largest absolute Gasteiger partial charge is 0.454 e. The van der Waals surface area contributed by atoms with Crippen molar-refractivity contribution in [2.75, 3.05) is 6.61 Å². The van der Waals surface area contributed by atoms with E-state index >= 15 is 0 Å². The molecule has 2 fully saturated rings. The summed E-state index contributed by atoms with van der Waals surface area (Å²) in [6.07, 6.45) is 7.27. The van der Waals surface area contributed by atoms with Gasteiger partial charge in [-0.1, -0.05) is 83.7 Å². The Hall–Kier alpha value is -2.81. The Morgan fingerprint density at radius 3 is 2.35 bits per heavy atom. The van der Waals surface area contributed by atoms with Gasteiger partial charge in [-0.25, -0.2) is 4.79 Å². The molecule has 43 heavy (non-hydrogen) atoms. The van der Waals surface area contributed by atoms with Crippen LogP contribution >= 0.6 is 0 Å². The number of carbonyl (C=O) groups excluding carboxylic acids is 3.